The molecule has 0 bridgehead atoms. The Labute approximate surface area is 222 Å². The molecule has 2 aliphatic heterocycles. The molecule has 0 atom stereocenters. The zero-order chi connectivity index (χ0) is 26.5. The third-order valence-electron chi connectivity index (χ3n) is 6.92. The van der Waals surface area contributed by atoms with E-state index in [9.17, 15) is 10.1 Å². The molecule has 3 heterocycles. The minimum Gasteiger partial charge on any atom is -0.454 e. The van der Waals surface area contributed by atoms with Crippen molar-refractivity contribution in [1.82, 2.24) is 14.9 Å². The number of ether oxygens (including phenoxy) is 2. The Morgan fingerprint density at radius 2 is 1.89 bits per heavy atom. The molecule has 1 fully saturated rings. The maximum absolute atomic E-state index is 12.1. The van der Waals surface area contributed by atoms with Gasteiger partial charge in [-0.1, -0.05) is 18.2 Å². The third kappa shape index (κ3) is 5.72. The van der Waals surface area contributed by atoms with Gasteiger partial charge in [-0.3, -0.25) is 15.0 Å². The summed E-state index contributed by atoms with van der Waals surface area (Å²) in [6.45, 7) is 10.0. The van der Waals surface area contributed by atoms with Crippen LogP contribution >= 0.6 is 0 Å². The number of nitro groups is 1. The van der Waals surface area contributed by atoms with Gasteiger partial charge >= 0.3 is 5.69 Å². The van der Waals surface area contributed by atoms with Gasteiger partial charge in [-0.25, -0.2) is 9.97 Å². The van der Waals surface area contributed by atoms with Crippen molar-refractivity contribution in [2.24, 2.45) is 0 Å². The van der Waals surface area contributed by atoms with Crippen molar-refractivity contribution in [2.45, 2.75) is 20.4 Å². The van der Waals surface area contributed by atoms with Gasteiger partial charge in [0.05, 0.1) is 4.92 Å². The summed E-state index contributed by atoms with van der Waals surface area (Å²) in [5.74, 6) is 2.17. The fourth-order valence-electron chi connectivity index (χ4n) is 4.92. The van der Waals surface area contributed by atoms with Crippen molar-refractivity contribution < 1.29 is 14.4 Å². The molecule has 0 radical (unpaired) electrons. The smallest absolute Gasteiger partial charge is 0.353 e. The Kier molecular flexibility index (Phi) is 7.73. The van der Waals surface area contributed by atoms with E-state index < -0.39 is 0 Å². The lowest BCUT2D eigenvalue weighted by atomic mass is 10.1. The zero-order valence-electron chi connectivity index (χ0n) is 21.8. The van der Waals surface area contributed by atoms with Crippen LogP contribution in [0, 0.1) is 17.0 Å². The molecule has 2 aromatic carbocycles. The summed E-state index contributed by atoms with van der Waals surface area (Å²) in [6, 6.07) is 14.3. The first-order chi connectivity index (χ1) is 18.5. The van der Waals surface area contributed by atoms with Crippen LogP contribution in [0.3, 0.4) is 0 Å². The molecule has 1 N–H and O–H groups in total. The van der Waals surface area contributed by atoms with Gasteiger partial charge in [0.2, 0.25) is 18.4 Å². The minimum atomic E-state index is -0.380. The van der Waals surface area contributed by atoms with Crippen LogP contribution in [0.15, 0.2) is 48.8 Å². The summed E-state index contributed by atoms with van der Waals surface area (Å²) in [7, 11) is 0. The van der Waals surface area contributed by atoms with E-state index in [1.807, 2.05) is 29.2 Å². The quantitative estimate of drug-likeness (QED) is 0.315. The number of hydrogen-bond donors (Lipinski definition) is 1. The van der Waals surface area contributed by atoms with Gasteiger partial charge in [-0.2, -0.15) is 0 Å². The van der Waals surface area contributed by atoms with Crippen molar-refractivity contribution in [3.05, 3.63) is 70.0 Å². The van der Waals surface area contributed by atoms with Gasteiger partial charge in [0, 0.05) is 58.0 Å². The van der Waals surface area contributed by atoms with E-state index in [2.05, 4.69) is 57.1 Å². The molecule has 0 amide bonds. The lowest BCUT2D eigenvalue weighted by Crippen LogP contribution is -2.46. The molecule has 1 saturated heterocycles. The summed E-state index contributed by atoms with van der Waals surface area (Å²) < 4.78 is 10.9. The molecule has 11 heteroatoms. The standard InChI is InChI=1S/C27H33N7O4/c1-3-32(22-6-4-5-20(2)15-22)10-9-28-26-25(34(35)36)27(30-18-29-26)33-13-11-31(12-14-33)17-21-7-8-23-24(16-21)38-19-37-23/h4-8,15-16,18H,3,9-14,17,19H2,1-2H3,(H,28,29,30). The highest BCUT2D eigenvalue weighted by molar-refractivity contribution is 5.70. The second kappa shape index (κ2) is 11.5. The largest absolute Gasteiger partial charge is 0.454 e. The van der Waals surface area contributed by atoms with Gasteiger partial charge < -0.3 is 24.6 Å². The average Bonchev–Trinajstić information content (AvgIpc) is 3.39. The summed E-state index contributed by atoms with van der Waals surface area (Å²) >= 11 is 0. The monoisotopic (exact) mass is 519 g/mol. The van der Waals surface area contributed by atoms with E-state index in [1.54, 1.807) is 0 Å². The second-order valence-electron chi connectivity index (χ2n) is 9.45. The minimum absolute atomic E-state index is 0.0738. The summed E-state index contributed by atoms with van der Waals surface area (Å²) in [5, 5.41) is 15.3. The van der Waals surface area contributed by atoms with Gasteiger partial charge in [-0.05, 0) is 49.2 Å². The lowest BCUT2D eigenvalue weighted by molar-refractivity contribution is -0.383. The number of aryl methyl sites for hydroxylation is 1. The van der Waals surface area contributed by atoms with E-state index in [-0.39, 0.29) is 23.2 Å². The topological polar surface area (TPSA) is 109 Å². The number of rotatable bonds is 10. The Hall–Kier alpha value is -4.12. The molecule has 3 aromatic rings. The predicted octanol–water partition coefficient (Wildman–Crippen LogP) is 3.68. The van der Waals surface area contributed by atoms with E-state index in [4.69, 9.17) is 9.47 Å². The molecular formula is C27H33N7O4. The Morgan fingerprint density at radius 3 is 2.66 bits per heavy atom. The first-order valence-corrected chi connectivity index (χ1v) is 12.9. The van der Waals surface area contributed by atoms with E-state index in [1.165, 1.54) is 11.9 Å². The molecule has 0 aliphatic carbocycles. The molecule has 2 aliphatic rings. The van der Waals surface area contributed by atoms with Crippen LogP contribution in [0.25, 0.3) is 0 Å². The Bertz CT molecular complexity index is 1280. The third-order valence-corrected chi connectivity index (χ3v) is 6.92. The normalized spacial score (nSPS) is 14.9. The maximum atomic E-state index is 12.1. The molecule has 0 unspecified atom stereocenters. The number of nitrogens with zero attached hydrogens (tertiary/aromatic N) is 6. The highest BCUT2D eigenvalue weighted by Crippen LogP contribution is 2.34. The number of nitrogens with one attached hydrogen (secondary N) is 1. The highest BCUT2D eigenvalue weighted by atomic mass is 16.7. The summed E-state index contributed by atoms with van der Waals surface area (Å²) in [4.78, 5) is 26.8. The molecule has 5 rings (SSSR count). The number of piperazine rings is 1. The predicted molar refractivity (Wildman–Crippen MR) is 146 cm³/mol. The molecule has 200 valence electrons. The first-order valence-electron chi connectivity index (χ1n) is 12.9. The van der Waals surface area contributed by atoms with Crippen LogP contribution in [-0.4, -0.2) is 72.4 Å². The second-order valence-corrected chi connectivity index (χ2v) is 9.45. The van der Waals surface area contributed by atoms with Gasteiger partial charge in [0.25, 0.3) is 0 Å². The summed E-state index contributed by atoms with van der Waals surface area (Å²) in [5.41, 5.74) is 3.40. The van der Waals surface area contributed by atoms with Crippen LogP contribution in [0.2, 0.25) is 0 Å². The number of anilines is 3. The van der Waals surface area contributed by atoms with Crippen LogP contribution in [0.1, 0.15) is 18.1 Å². The molecule has 0 spiro atoms. The van der Waals surface area contributed by atoms with E-state index in [0.717, 1.165) is 48.9 Å². The molecule has 38 heavy (non-hydrogen) atoms. The first kappa shape index (κ1) is 25.5. The Morgan fingerprint density at radius 1 is 1.08 bits per heavy atom. The van der Waals surface area contributed by atoms with Crippen LogP contribution in [0.4, 0.5) is 23.0 Å². The van der Waals surface area contributed by atoms with Crippen molar-refractivity contribution in [2.75, 3.05) is 67.7 Å². The fraction of sp³-hybridized carbons (Fsp3) is 0.407. The number of hydrogen-bond acceptors (Lipinski definition) is 10. The SMILES string of the molecule is CCN(CCNc1ncnc(N2CCN(Cc3ccc4c(c3)OCO4)CC2)c1[N+](=O)[O-])c1cccc(C)c1. The number of fused-ring (bicyclic) bond motifs is 1. The number of benzene rings is 2. The van der Waals surface area contributed by atoms with Gasteiger partial charge in [0.1, 0.15) is 6.33 Å². The van der Waals surface area contributed by atoms with Gasteiger partial charge in [0.15, 0.2) is 11.5 Å². The number of aromatic nitrogens is 2. The summed E-state index contributed by atoms with van der Waals surface area (Å²) in [6.07, 6.45) is 1.40. The van der Waals surface area contributed by atoms with Crippen molar-refractivity contribution in [3.63, 3.8) is 0 Å². The van der Waals surface area contributed by atoms with Crippen LogP contribution in [-0.2, 0) is 6.54 Å². The van der Waals surface area contributed by atoms with Gasteiger partial charge in [-0.15, -0.1) is 0 Å². The van der Waals surface area contributed by atoms with Crippen molar-refractivity contribution in [1.29, 1.82) is 0 Å². The van der Waals surface area contributed by atoms with E-state index >= 15 is 0 Å². The van der Waals surface area contributed by atoms with E-state index in [0.29, 0.717) is 32.0 Å². The van der Waals surface area contributed by atoms with Crippen LogP contribution < -0.4 is 24.6 Å². The van der Waals surface area contributed by atoms with Crippen LogP contribution in [0.5, 0.6) is 11.5 Å². The molecule has 0 saturated carbocycles. The highest BCUT2D eigenvalue weighted by Gasteiger charge is 2.29. The molecule has 1 aromatic heterocycles. The lowest BCUT2D eigenvalue weighted by Gasteiger charge is -2.35. The Balaban J connectivity index is 1.21. The fourth-order valence-corrected chi connectivity index (χ4v) is 4.92. The number of likely N-dealkylation sites (N-methyl/N-ethyl adjacent to an activating group) is 1. The zero-order valence-corrected chi connectivity index (χ0v) is 21.8. The van der Waals surface area contributed by atoms with Crippen molar-refractivity contribution in [3.8, 4) is 11.5 Å². The maximum Gasteiger partial charge on any atom is 0.353 e. The van der Waals surface area contributed by atoms with Crippen molar-refractivity contribution >= 4 is 23.0 Å². The average molecular weight is 520 g/mol. The molecular weight excluding hydrogens is 486 g/mol. The molecule has 11 nitrogen and oxygen atoms in total.